The molecule has 3 nitrogen and oxygen atoms in total. The van der Waals surface area contributed by atoms with E-state index in [9.17, 15) is 9.18 Å². The van der Waals surface area contributed by atoms with E-state index in [0.29, 0.717) is 12.1 Å². The number of rotatable bonds is 2. The first-order chi connectivity index (χ1) is 8.06. The van der Waals surface area contributed by atoms with Crippen LogP contribution < -0.4 is 5.01 Å². The van der Waals surface area contributed by atoms with Gasteiger partial charge in [-0.15, -0.1) is 0 Å². The average molecular weight is 255 g/mol. The molecule has 1 aromatic rings. The summed E-state index contributed by atoms with van der Waals surface area (Å²) in [6.07, 6.45) is 0.650. The van der Waals surface area contributed by atoms with Crippen LogP contribution in [0.15, 0.2) is 23.3 Å². The van der Waals surface area contributed by atoms with Gasteiger partial charge in [-0.1, -0.05) is 24.6 Å². The van der Waals surface area contributed by atoms with Crippen molar-refractivity contribution in [2.24, 2.45) is 11.0 Å². The quantitative estimate of drug-likeness (QED) is 0.798. The number of benzene rings is 1. The standard InChI is InChI=1S/C12H12ClFN2O/c1-3-8-7(2)15-16(12(8)17)11-9(13)5-4-6-10(11)14/h4-6,8H,3H2,1-2H3. The van der Waals surface area contributed by atoms with Gasteiger partial charge in [-0.25, -0.2) is 4.39 Å². The van der Waals surface area contributed by atoms with Gasteiger partial charge in [0, 0.05) is 5.71 Å². The van der Waals surface area contributed by atoms with E-state index in [4.69, 9.17) is 11.6 Å². The number of anilines is 1. The van der Waals surface area contributed by atoms with Crippen LogP contribution in [0, 0.1) is 11.7 Å². The van der Waals surface area contributed by atoms with Gasteiger partial charge in [0.25, 0.3) is 5.91 Å². The Morgan fingerprint density at radius 2 is 2.24 bits per heavy atom. The van der Waals surface area contributed by atoms with Crippen LogP contribution >= 0.6 is 11.6 Å². The van der Waals surface area contributed by atoms with Crippen molar-refractivity contribution in [3.63, 3.8) is 0 Å². The molecule has 1 aliphatic heterocycles. The molecule has 0 N–H and O–H groups in total. The number of carbonyl (C=O) groups is 1. The maximum atomic E-state index is 13.7. The molecule has 0 aromatic heterocycles. The van der Waals surface area contributed by atoms with E-state index >= 15 is 0 Å². The Labute approximate surface area is 104 Å². The molecule has 0 fully saturated rings. The smallest absolute Gasteiger partial charge is 0.256 e. The number of hydrogen-bond donors (Lipinski definition) is 0. The highest BCUT2D eigenvalue weighted by Crippen LogP contribution is 2.33. The summed E-state index contributed by atoms with van der Waals surface area (Å²) in [5.41, 5.74) is 0.728. The molecule has 90 valence electrons. The van der Waals surface area contributed by atoms with Gasteiger partial charge in [0.15, 0.2) is 5.82 Å². The van der Waals surface area contributed by atoms with E-state index in [2.05, 4.69) is 5.10 Å². The van der Waals surface area contributed by atoms with Gasteiger partial charge in [0.1, 0.15) is 5.69 Å². The molecule has 0 radical (unpaired) electrons. The third-order valence-electron chi connectivity index (χ3n) is 2.83. The summed E-state index contributed by atoms with van der Waals surface area (Å²) in [7, 11) is 0. The van der Waals surface area contributed by atoms with Crippen molar-refractivity contribution in [1.82, 2.24) is 0 Å². The number of hydrazone groups is 1. The van der Waals surface area contributed by atoms with E-state index in [1.807, 2.05) is 6.92 Å². The van der Waals surface area contributed by atoms with Crippen molar-refractivity contribution in [1.29, 1.82) is 0 Å². The monoisotopic (exact) mass is 254 g/mol. The summed E-state index contributed by atoms with van der Waals surface area (Å²) in [6.45, 7) is 3.66. The second-order valence-electron chi connectivity index (χ2n) is 3.92. The van der Waals surface area contributed by atoms with E-state index in [1.165, 1.54) is 18.2 Å². The third-order valence-corrected chi connectivity index (χ3v) is 3.13. The van der Waals surface area contributed by atoms with E-state index in [1.54, 1.807) is 6.92 Å². The molecular weight excluding hydrogens is 243 g/mol. The lowest BCUT2D eigenvalue weighted by molar-refractivity contribution is -0.119. The molecule has 1 aromatic carbocycles. The van der Waals surface area contributed by atoms with Gasteiger partial charge in [-0.2, -0.15) is 10.1 Å². The van der Waals surface area contributed by atoms with Crippen LogP contribution in [0.1, 0.15) is 20.3 Å². The van der Waals surface area contributed by atoms with Crippen LogP contribution in [-0.2, 0) is 4.79 Å². The van der Waals surface area contributed by atoms with Crippen LogP contribution in [-0.4, -0.2) is 11.6 Å². The van der Waals surface area contributed by atoms with Crippen molar-refractivity contribution < 1.29 is 9.18 Å². The summed E-state index contributed by atoms with van der Waals surface area (Å²) < 4.78 is 13.7. The topological polar surface area (TPSA) is 32.7 Å². The highest BCUT2D eigenvalue weighted by Gasteiger charge is 2.35. The number of amides is 1. The lowest BCUT2D eigenvalue weighted by Gasteiger charge is -2.15. The fraction of sp³-hybridized carbons (Fsp3) is 0.333. The Morgan fingerprint density at radius 3 is 2.76 bits per heavy atom. The highest BCUT2D eigenvalue weighted by atomic mass is 35.5. The molecular formula is C12H12ClFN2O. The first-order valence-corrected chi connectivity index (χ1v) is 5.77. The Bertz CT molecular complexity index is 481. The summed E-state index contributed by atoms with van der Waals surface area (Å²) in [6, 6.07) is 4.30. The van der Waals surface area contributed by atoms with Crippen molar-refractivity contribution >= 4 is 28.9 Å². The molecule has 1 unspecified atom stereocenters. The van der Waals surface area contributed by atoms with E-state index < -0.39 is 5.82 Å². The van der Waals surface area contributed by atoms with Gasteiger partial charge in [0.05, 0.1) is 10.9 Å². The van der Waals surface area contributed by atoms with Gasteiger partial charge in [-0.3, -0.25) is 4.79 Å². The van der Waals surface area contributed by atoms with Crippen molar-refractivity contribution in [3.8, 4) is 0 Å². The molecule has 0 bridgehead atoms. The van der Waals surface area contributed by atoms with Gasteiger partial charge in [0.2, 0.25) is 0 Å². The van der Waals surface area contributed by atoms with Crippen molar-refractivity contribution in [2.45, 2.75) is 20.3 Å². The normalized spacial score (nSPS) is 19.8. The first-order valence-electron chi connectivity index (χ1n) is 5.39. The predicted molar refractivity (Wildman–Crippen MR) is 65.8 cm³/mol. The molecule has 0 saturated heterocycles. The maximum Gasteiger partial charge on any atom is 0.256 e. The SMILES string of the molecule is CCC1C(=O)N(c2c(F)cccc2Cl)N=C1C. The molecule has 17 heavy (non-hydrogen) atoms. The molecule has 0 spiro atoms. The fourth-order valence-corrected chi connectivity index (χ4v) is 2.17. The lowest BCUT2D eigenvalue weighted by Crippen LogP contribution is -2.27. The number of carbonyl (C=O) groups excluding carboxylic acids is 1. The van der Waals surface area contributed by atoms with Crippen LogP contribution in [0.25, 0.3) is 0 Å². The number of hydrogen-bond acceptors (Lipinski definition) is 2. The molecule has 2 rings (SSSR count). The largest absolute Gasteiger partial charge is 0.272 e. The Balaban J connectivity index is 2.46. The van der Waals surface area contributed by atoms with Crippen LogP contribution in [0.4, 0.5) is 10.1 Å². The molecule has 0 aliphatic carbocycles. The van der Waals surface area contributed by atoms with E-state index in [-0.39, 0.29) is 22.5 Å². The Kier molecular flexibility index (Phi) is 3.15. The Hall–Kier alpha value is -1.42. The average Bonchev–Trinajstić information content (AvgIpc) is 2.54. The summed E-state index contributed by atoms with van der Waals surface area (Å²) in [4.78, 5) is 12.0. The van der Waals surface area contributed by atoms with Gasteiger partial charge < -0.3 is 0 Å². The lowest BCUT2D eigenvalue weighted by atomic mass is 10.0. The minimum Gasteiger partial charge on any atom is -0.272 e. The predicted octanol–water partition coefficient (Wildman–Crippen LogP) is 3.23. The molecule has 1 amide bonds. The number of para-hydroxylation sites is 1. The number of nitrogens with zero attached hydrogens (tertiary/aromatic N) is 2. The molecule has 1 heterocycles. The van der Waals surface area contributed by atoms with Crippen molar-refractivity contribution in [2.75, 3.05) is 5.01 Å². The minimum atomic E-state index is -0.542. The molecule has 5 heteroatoms. The van der Waals surface area contributed by atoms with E-state index in [0.717, 1.165) is 5.01 Å². The van der Waals surface area contributed by atoms with Gasteiger partial charge >= 0.3 is 0 Å². The van der Waals surface area contributed by atoms with Crippen LogP contribution in [0.5, 0.6) is 0 Å². The Morgan fingerprint density at radius 1 is 1.53 bits per heavy atom. The summed E-state index contributed by atoms with van der Waals surface area (Å²) >= 11 is 5.91. The third kappa shape index (κ3) is 1.93. The first kappa shape index (κ1) is 12.0. The second kappa shape index (κ2) is 4.45. The summed E-state index contributed by atoms with van der Waals surface area (Å²) in [5, 5.41) is 5.35. The minimum absolute atomic E-state index is 0.0365. The second-order valence-corrected chi connectivity index (χ2v) is 4.33. The van der Waals surface area contributed by atoms with Crippen LogP contribution in [0.3, 0.4) is 0 Å². The zero-order valence-electron chi connectivity index (χ0n) is 9.58. The zero-order chi connectivity index (χ0) is 12.6. The fourth-order valence-electron chi connectivity index (χ4n) is 1.92. The van der Waals surface area contributed by atoms with Gasteiger partial charge in [-0.05, 0) is 25.5 Å². The molecule has 1 aliphatic rings. The molecule has 1 atom stereocenters. The summed E-state index contributed by atoms with van der Waals surface area (Å²) in [5.74, 6) is -1.04. The van der Waals surface area contributed by atoms with Crippen LogP contribution in [0.2, 0.25) is 5.02 Å². The maximum absolute atomic E-state index is 13.7. The highest BCUT2D eigenvalue weighted by molar-refractivity contribution is 6.34. The zero-order valence-corrected chi connectivity index (χ0v) is 10.3. The molecule has 0 saturated carbocycles. The number of halogens is 2. The van der Waals surface area contributed by atoms with Crippen molar-refractivity contribution in [3.05, 3.63) is 29.0 Å².